The first-order valence-electron chi connectivity index (χ1n) is 4.41. The van der Waals surface area contributed by atoms with Gasteiger partial charge in [0.2, 0.25) is 5.24 Å². The summed E-state index contributed by atoms with van der Waals surface area (Å²) < 4.78 is 0. The van der Waals surface area contributed by atoms with Crippen LogP contribution in [-0.2, 0) is 14.4 Å². The molecule has 0 bridgehead atoms. The van der Waals surface area contributed by atoms with E-state index in [1.807, 2.05) is 0 Å². The Morgan fingerprint density at radius 3 is 1.75 bits per heavy atom. The molecule has 0 aliphatic rings. The highest BCUT2D eigenvalue weighted by Gasteiger charge is 2.55. The zero-order valence-corrected chi connectivity index (χ0v) is 9.56. The molecule has 16 heavy (non-hydrogen) atoms. The molecule has 0 aromatic rings. The summed E-state index contributed by atoms with van der Waals surface area (Å²) in [6, 6.07) is 0. The van der Waals surface area contributed by atoms with E-state index >= 15 is 0 Å². The van der Waals surface area contributed by atoms with Crippen LogP contribution in [0.4, 0.5) is 0 Å². The van der Waals surface area contributed by atoms with Gasteiger partial charge in [-0.05, 0) is 25.4 Å². The summed E-state index contributed by atoms with van der Waals surface area (Å²) >= 11 is 5.15. The van der Waals surface area contributed by atoms with Crippen LogP contribution in [0.3, 0.4) is 0 Å². The highest BCUT2D eigenvalue weighted by atomic mass is 35.5. The Hall–Kier alpha value is -0.820. The summed E-state index contributed by atoms with van der Waals surface area (Å²) in [7, 11) is 0. The summed E-state index contributed by atoms with van der Waals surface area (Å²) in [5.41, 5.74) is -2.52. The molecule has 0 spiro atoms. The Morgan fingerprint density at radius 2 is 1.56 bits per heavy atom. The largest absolute Gasteiger partial charge is 0.394 e. The standard InChI is InChI=1S/C9H13ClO6/c1-4(12)9(5(2)13,8(10)16)7(15)6(14)3-11/h6-7,11,14-15H,3H2,1-2H3/t6-,7-/m1/s1. The zero-order valence-electron chi connectivity index (χ0n) is 8.81. The summed E-state index contributed by atoms with van der Waals surface area (Å²) in [6.07, 6.45) is -3.88. The SMILES string of the molecule is CC(=O)C(C(C)=O)(C(=O)Cl)[C@H](O)[C@H](O)CO. The van der Waals surface area contributed by atoms with Crippen molar-refractivity contribution in [2.75, 3.05) is 6.61 Å². The van der Waals surface area contributed by atoms with Crippen molar-refractivity contribution < 1.29 is 29.7 Å². The molecule has 0 saturated carbocycles. The second-order valence-corrected chi connectivity index (χ2v) is 3.73. The molecule has 0 amide bonds. The lowest BCUT2D eigenvalue weighted by molar-refractivity contribution is -0.159. The lowest BCUT2D eigenvalue weighted by atomic mass is 9.74. The first-order valence-corrected chi connectivity index (χ1v) is 4.79. The van der Waals surface area contributed by atoms with Crippen molar-refractivity contribution in [2.24, 2.45) is 5.41 Å². The maximum Gasteiger partial charge on any atom is 0.245 e. The molecular formula is C9H13ClO6. The van der Waals surface area contributed by atoms with Gasteiger partial charge in [-0.2, -0.15) is 0 Å². The van der Waals surface area contributed by atoms with Gasteiger partial charge in [0.05, 0.1) is 6.61 Å². The highest BCUT2D eigenvalue weighted by Crippen LogP contribution is 2.30. The fourth-order valence-corrected chi connectivity index (χ4v) is 1.82. The van der Waals surface area contributed by atoms with Gasteiger partial charge in [0, 0.05) is 0 Å². The third kappa shape index (κ3) is 2.30. The molecule has 0 aliphatic carbocycles. The lowest BCUT2D eigenvalue weighted by Gasteiger charge is -2.31. The third-order valence-corrected chi connectivity index (χ3v) is 2.71. The Labute approximate surface area is 96.8 Å². The van der Waals surface area contributed by atoms with Crippen molar-refractivity contribution in [3.63, 3.8) is 0 Å². The quantitative estimate of drug-likeness (QED) is 0.397. The number of aliphatic hydroxyl groups is 3. The Bertz CT molecular complexity index is 277. The Morgan fingerprint density at radius 1 is 1.19 bits per heavy atom. The summed E-state index contributed by atoms with van der Waals surface area (Å²) in [5.74, 6) is -1.97. The second kappa shape index (κ2) is 5.49. The smallest absolute Gasteiger partial charge is 0.245 e. The van der Waals surface area contributed by atoms with E-state index in [4.69, 9.17) is 16.7 Å². The van der Waals surface area contributed by atoms with Crippen LogP contribution in [-0.4, -0.2) is 50.9 Å². The molecule has 7 heteroatoms. The van der Waals surface area contributed by atoms with Crippen LogP contribution in [0.15, 0.2) is 0 Å². The minimum absolute atomic E-state index is 0.898. The Balaban J connectivity index is 5.63. The predicted molar refractivity (Wildman–Crippen MR) is 53.8 cm³/mol. The van der Waals surface area contributed by atoms with Crippen molar-refractivity contribution in [3.05, 3.63) is 0 Å². The van der Waals surface area contributed by atoms with E-state index in [-0.39, 0.29) is 0 Å². The van der Waals surface area contributed by atoms with Crippen LogP contribution in [0.1, 0.15) is 13.8 Å². The molecular weight excluding hydrogens is 240 g/mol. The van der Waals surface area contributed by atoms with Gasteiger partial charge in [-0.3, -0.25) is 14.4 Å². The van der Waals surface area contributed by atoms with Gasteiger partial charge in [-0.25, -0.2) is 0 Å². The molecule has 0 fully saturated rings. The third-order valence-electron chi connectivity index (χ3n) is 2.42. The van der Waals surface area contributed by atoms with Gasteiger partial charge in [0.1, 0.15) is 12.2 Å². The van der Waals surface area contributed by atoms with E-state index in [9.17, 15) is 24.6 Å². The molecule has 2 atom stereocenters. The van der Waals surface area contributed by atoms with Crippen molar-refractivity contribution in [1.82, 2.24) is 0 Å². The topological polar surface area (TPSA) is 112 Å². The lowest BCUT2D eigenvalue weighted by Crippen LogP contribution is -2.56. The van der Waals surface area contributed by atoms with Crippen LogP contribution in [0.2, 0.25) is 0 Å². The van der Waals surface area contributed by atoms with E-state index in [1.165, 1.54) is 0 Å². The van der Waals surface area contributed by atoms with Gasteiger partial charge >= 0.3 is 0 Å². The molecule has 0 rings (SSSR count). The second-order valence-electron chi connectivity index (χ2n) is 3.39. The number of Topliss-reactive ketones (excluding diaryl/α,β-unsaturated/α-hetero) is 2. The van der Waals surface area contributed by atoms with Gasteiger partial charge in [0.25, 0.3) is 0 Å². The van der Waals surface area contributed by atoms with E-state index in [2.05, 4.69) is 0 Å². The predicted octanol–water partition coefficient (Wildman–Crippen LogP) is -1.37. The molecule has 6 nitrogen and oxygen atoms in total. The van der Waals surface area contributed by atoms with Crippen molar-refractivity contribution in [1.29, 1.82) is 0 Å². The average Bonchev–Trinajstić information content (AvgIpc) is 2.15. The first-order chi connectivity index (χ1) is 7.22. The zero-order chi connectivity index (χ0) is 13.1. The molecule has 92 valence electrons. The number of hydrogen-bond acceptors (Lipinski definition) is 6. The van der Waals surface area contributed by atoms with Gasteiger partial charge in [-0.15, -0.1) is 0 Å². The number of ketones is 2. The fourth-order valence-electron chi connectivity index (χ4n) is 1.45. The molecule has 3 N–H and O–H groups in total. The van der Waals surface area contributed by atoms with Crippen molar-refractivity contribution in [3.8, 4) is 0 Å². The number of rotatable bonds is 6. The molecule has 0 radical (unpaired) electrons. The Kier molecular flexibility index (Phi) is 5.21. The van der Waals surface area contributed by atoms with Crippen LogP contribution in [0, 0.1) is 5.41 Å². The normalized spacial score (nSPS) is 15.4. The van der Waals surface area contributed by atoms with Crippen LogP contribution >= 0.6 is 11.6 Å². The van der Waals surface area contributed by atoms with Crippen molar-refractivity contribution >= 4 is 28.4 Å². The minimum Gasteiger partial charge on any atom is -0.394 e. The van der Waals surface area contributed by atoms with Gasteiger partial charge in [-0.1, -0.05) is 0 Å². The number of carbonyl (C=O) groups is 3. The molecule has 0 aromatic carbocycles. The summed E-state index contributed by atoms with van der Waals surface area (Å²) in [5, 5.41) is 26.0. The van der Waals surface area contributed by atoms with Gasteiger partial charge < -0.3 is 15.3 Å². The molecule has 0 aromatic heterocycles. The van der Waals surface area contributed by atoms with Crippen molar-refractivity contribution in [2.45, 2.75) is 26.1 Å². The van der Waals surface area contributed by atoms with E-state index in [0.29, 0.717) is 0 Å². The minimum atomic E-state index is -2.52. The van der Waals surface area contributed by atoms with E-state index in [1.54, 1.807) is 0 Å². The molecule has 0 unspecified atom stereocenters. The highest BCUT2D eigenvalue weighted by molar-refractivity contribution is 6.69. The summed E-state index contributed by atoms with van der Waals surface area (Å²) in [4.78, 5) is 33.8. The molecule has 0 aliphatic heterocycles. The van der Waals surface area contributed by atoms with Crippen LogP contribution < -0.4 is 0 Å². The van der Waals surface area contributed by atoms with Gasteiger partial charge in [0.15, 0.2) is 17.0 Å². The number of carbonyl (C=O) groups excluding carboxylic acids is 3. The van der Waals surface area contributed by atoms with E-state index in [0.717, 1.165) is 13.8 Å². The first kappa shape index (κ1) is 15.2. The fraction of sp³-hybridized carbons (Fsp3) is 0.667. The van der Waals surface area contributed by atoms with Crippen LogP contribution in [0.25, 0.3) is 0 Å². The monoisotopic (exact) mass is 252 g/mol. The van der Waals surface area contributed by atoms with E-state index < -0.39 is 41.0 Å². The molecule has 0 heterocycles. The van der Waals surface area contributed by atoms with Crippen LogP contribution in [0.5, 0.6) is 0 Å². The molecule has 0 saturated heterocycles. The number of aliphatic hydroxyl groups excluding tert-OH is 3. The summed E-state index contributed by atoms with van der Waals surface area (Å²) in [6.45, 7) is 0.887. The maximum atomic E-state index is 11.3. The number of halogens is 1. The maximum absolute atomic E-state index is 11.3. The number of hydrogen-bond donors (Lipinski definition) is 3. The average molecular weight is 253 g/mol.